The Morgan fingerprint density at radius 2 is 1.77 bits per heavy atom. The number of pyridine rings is 1. The van der Waals surface area contributed by atoms with Crippen LogP contribution in [0.2, 0.25) is 0 Å². The zero-order valence-electron chi connectivity index (χ0n) is 19.7. The van der Waals surface area contributed by atoms with Gasteiger partial charge in [0.05, 0.1) is 32.4 Å². The minimum atomic E-state index is -0.807. The number of ether oxygens (including phenoxy) is 3. The van der Waals surface area contributed by atoms with E-state index in [1.807, 2.05) is 13.0 Å². The van der Waals surface area contributed by atoms with E-state index in [1.54, 1.807) is 60.9 Å². The quantitative estimate of drug-likeness (QED) is 0.298. The van der Waals surface area contributed by atoms with Crippen LogP contribution in [0.15, 0.2) is 72.6 Å². The molecule has 1 aliphatic heterocycles. The van der Waals surface area contributed by atoms with E-state index in [2.05, 4.69) is 4.98 Å². The lowest BCUT2D eigenvalue weighted by Crippen LogP contribution is -2.29. The van der Waals surface area contributed by atoms with Gasteiger partial charge in [-0.1, -0.05) is 18.2 Å². The Kier molecular flexibility index (Phi) is 7.01. The number of carbonyl (C=O) groups is 2. The van der Waals surface area contributed by atoms with Crippen LogP contribution in [0.25, 0.3) is 5.76 Å². The summed E-state index contributed by atoms with van der Waals surface area (Å²) >= 11 is 0. The van der Waals surface area contributed by atoms with Crippen LogP contribution in [0.4, 0.5) is 0 Å². The van der Waals surface area contributed by atoms with Gasteiger partial charge in [0, 0.05) is 24.5 Å². The average molecular weight is 475 g/mol. The maximum atomic E-state index is 13.2. The van der Waals surface area contributed by atoms with E-state index < -0.39 is 17.7 Å². The number of hydrogen-bond acceptors (Lipinski definition) is 7. The Balaban J connectivity index is 1.84. The number of ketones is 1. The van der Waals surface area contributed by atoms with Gasteiger partial charge in [-0.2, -0.15) is 0 Å². The molecule has 2 aromatic carbocycles. The summed E-state index contributed by atoms with van der Waals surface area (Å²) in [6.45, 7) is 2.55. The molecule has 2 heterocycles. The lowest BCUT2D eigenvalue weighted by Gasteiger charge is -2.25. The van der Waals surface area contributed by atoms with Crippen molar-refractivity contribution in [2.45, 2.75) is 19.5 Å². The van der Waals surface area contributed by atoms with Crippen molar-refractivity contribution in [1.29, 1.82) is 0 Å². The van der Waals surface area contributed by atoms with E-state index in [0.717, 1.165) is 5.56 Å². The number of rotatable bonds is 8. The van der Waals surface area contributed by atoms with Gasteiger partial charge in [-0.15, -0.1) is 0 Å². The average Bonchev–Trinajstić information content (AvgIpc) is 3.14. The summed E-state index contributed by atoms with van der Waals surface area (Å²) in [6.07, 6.45) is 3.28. The van der Waals surface area contributed by atoms with Crippen LogP contribution in [-0.2, 0) is 16.1 Å². The van der Waals surface area contributed by atoms with E-state index >= 15 is 0 Å². The van der Waals surface area contributed by atoms with Crippen molar-refractivity contribution in [3.05, 3.63) is 89.3 Å². The van der Waals surface area contributed by atoms with Gasteiger partial charge in [-0.3, -0.25) is 14.6 Å². The molecule has 8 nitrogen and oxygen atoms in total. The van der Waals surface area contributed by atoms with E-state index in [4.69, 9.17) is 14.2 Å². The van der Waals surface area contributed by atoms with Crippen molar-refractivity contribution in [3.8, 4) is 17.2 Å². The molecule has 1 fully saturated rings. The van der Waals surface area contributed by atoms with Crippen LogP contribution in [0.3, 0.4) is 0 Å². The number of nitrogens with zero attached hydrogens (tertiary/aromatic N) is 2. The number of aliphatic hydroxyl groups is 1. The number of Topliss-reactive ketones (excluding diaryl/α,β-unsaturated/α-hetero) is 1. The molecule has 1 aliphatic rings. The normalized spacial score (nSPS) is 16.9. The predicted molar refractivity (Wildman–Crippen MR) is 129 cm³/mol. The second-order valence-corrected chi connectivity index (χ2v) is 7.86. The lowest BCUT2D eigenvalue weighted by molar-refractivity contribution is -0.140. The van der Waals surface area contributed by atoms with E-state index in [9.17, 15) is 14.7 Å². The summed E-state index contributed by atoms with van der Waals surface area (Å²) in [5.74, 6) is -0.227. The molecule has 1 saturated heterocycles. The van der Waals surface area contributed by atoms with Crippen molar-refractivity contribution < 1.29 is 28.9 Å². The highest BCUT2D eigenvalue weighted by molar-refractivity contribution is 6.46. The molecule has 1 aromatic heterocycles. The second kappa shape index (κ2) is 10.3. The third-order valence-electron chi connectivity index (χ3n) is 5.78. The van der Waals surface area contributed by atoms with Gasteiger partial charge in [0.2, 0.25) is 0 Å². The smallest absolute Gasteiger partial charge is 0.295 e. The molecule has 1 amide bonds. The topological polar surface area (TPSA) is 98.2 Å². The maximum absolute atomic E-state index is 13.2. The summed E-state index contributed by atoms with van der Waals surface area (Å²) in [7, 11) is 2.99. The highest BCUT2D eigenvalue weighted by Gasteiger charge is 2.46. The molecular formula is C27H26N2O6. The van der Waals surface area contributed by atoms with E-state index in [-0.39, 0.29) is 17.9 Å². The highest BCUT2D eigenvalue weighted by Crippen LogP contribution is 2.41. The molecule has 0 bridgehead atoms. The number of carbonyl (C=O) groups excluding carboxylic acids is 2. The van der Waals surface area contributed by atoms with Crippen molar-refractivity contribution in [2.24, 2.45) is 0 Å². The fourth-order valence-corrected chi connectivity index (χ4v) is 4.13. The van der Waals surface area contributed by atoms with Crippen LogP contribution >= 0.6 is 0 Å². The first-order valence-corrected chi connectivity index (χ1v) is 11.1. The first kappa shape index (κ1) is 23.8. The van der Waals surface area contributed by atoms with Gasteiger partial charge in [0.15, 0.2) is 11.5 Å². The molecule has 8 heteroatoms. The van der Waals surface area contributed by atoms with Crippen LogP contribution in [0.5, 0.6) is 17.2 Å². The minimum Gasteiger partial charge on any atom is -0.507 e. The fourth-order valence-electron chi connectivity index (χ4n) is 4.13. The Morgan fingerprint density at radius 1 is 1.03 bits per heavy atom. The maximum Gasteiger partial charge on any atom is 0.295 e. The van der Waals surface area contributed by atoms with Crippen molar-refractivity contribution >= 4 is 17.4 Å². The van der Waals surface area contributed by atoms with Gasteiger partial charge in [0.25, 0.3) is 11.7 Å². The van der Waals surface area contributed by atoms with Gasteiger partial charge in [0.1, 0.15) is 11.5 Å². The van der Waals surface area contributed by atoms with Gasteiger partial charge >= 0.3 is 0 Å². The number of aliphatic hydroxyl groups excluding tert-OH is 1. The zero-order chi connectivity index (χ0) is 24.9. The van der Waals surface area contributed by atoms with Crippen molar-refractivity contribution in [2.75, 3.05) is 20.8 Å². The number of aromatic nitrogens is 1. The molecule has 1 atom stereocenters. The molecule has 0 saturated carbocycles. The standard InChI is InChI=1S/C27H26N2O6/c1-4-35-20-10-7-18(8-11-20)24-23(25(30)19-9-12-21(33-2)22(14-19)34-3)26(31)27(32)29(24)16-17-6-5-13-28-15-17/h5-15,24,30H,4,16H2,1-3H3/b25-23+. The third-order valence-corrected chi connectivity index (χ3v) is 5.78. The van der Waals surface area contributed by atoms with Crippen molar-refractivity contribution in [1.82, 2.24) is 9.88 Å². The van der Waals surface area contributed by atoms with Crippen LogP contribution in [0.1, 0.15) is 29.7 Å². The summed E-state index contributed by atoms with van der Waals surface area (Å²) < 4.78 is 16.1. The molecule has 4 rings (SSSR count). The van der Waals surface area contributed by atoms with Gasteiger partial charge in [-0.25, -0.2) is 0 Å². The molecule has 0 radical (unpaired) electrons. The SMILES string of the molecule is CCOc1ccc(C2/C(=C(\O)c3ccc(OC)c(OC)c3)C(=O)C(=O)N2Cc2cccnc2)cc1. The largest absolute Gasteiger partial charge is 0.507 e. The Morgan fingerprint density at radius 3 is 2.40 bits per heavy atom. The van der Waals surface area contributed by atoms with E-state index in [1.165, 1.54) is 19.1 Å². The highest BCUT2D eigenvalue weighted by atomic mass is 16.5. The van der Waals surface area contributed by atoms with E-state index in [0.29, 0.717) is 35.0 Å². The van der Waals surface area contributed by atoms with Crippen LogP contribution < -0.4 is 14.2 Å². The molecule has 0 aliphatic carbocycles. The summed E-state index contributed by atoms with van der Waals surface area (Å²) in [6, 6.07) is 14.7. The Labute approximate surface area is 203 Å². The second-order valence-electron chi connectivity index (χ2n) is 7.86. The Bertz CT molecular complexity index is 1250. The molecular weight excluding hydrogens is 448 g/mol. The molecule has 3 aromatic rings. The number of likely N-dealkylation sites (tertiary alicyclic amines) is 1. The third kappa shape index (κ3) is 4.68. The van der Waals surface area contributed by atoms with Crippen molar-refractivity contribution in [3.63, 3.8) is 0 Å². The molecule has 1 unspecified atom stereocenters. The number of benzene rings is 2. The number of methoxy groups -OCH3 is 2. The predicted octanol–water partition coefficient (Wildman–Crippen LogP) is 4.12. The molecule has 1 N–H and O–H groups in total. The summed E-state index contributed by atoms with van der Waals surface area (Å²) in [4.78, 5) is 32.0. The molecule has 180 valence electrons. The lowest BCUT2D eigenvalue weighted by atomic mass is 9.95. The van der Waals surface area contributed by atoms with Gasteiger partial charge in [-0.05, 0) is 54.4 Å². The monoisotopic (exact) mass is 474 g/mol. The number of amides is 1. The summed E-state index contributed by atoms with van der Waals surface area (Å²) in [5.41, 5.74) is 1.75. The van der Waals surface area contributed by atoms with Gasteiger partial charge < -0.3 is 24.2 Å². The number of hydrogen-bond donors (Lipinski definition) is 1. The van der Waals surface area contributed by atoms with Crippen LogP contribution in [0, 0.1) is 0 Å². The zero-order valence-corrected chi connectivity index (χ0v) is 19.7. The first-order valence-electron chi connectivity index (χ1n) is 11.1. The summed E-state index contributed by atoms with van der Waals surface area (Å²) in [5, 5.41) is 11.3. The van der Waals surface area contributed by atoms with Crippen LogP contribution in [-0.4, -0.2) is 47.5 Å². The Hall–Kier alpha value is -4.33. The fraction of sp³-hybridized carbons (Fsp3) is 0.222. The minimum absolute atomic E-state index is 0.00438. The first-order chi connectivity index (χ1) is 17.0. The molecule has 0 spiro atoms. The molecule has 35 heavy (non-hydrogen) atoms.